The summed E-state index contributed by atoms with van der Waals surface area (Å²) in [6.07, 6.45) is 5.91. The highest BCUT2D eigenvalue weighted by atomic mass is 16.3. The molecule has 0 amide bonds. The number of benzene rings is 1. The van der Waals surface area contributed by atoms with E-state index < -0.39 is 5.60 Å². The van der Waals surface area contributed by atoms with Gasteiger partial charge in [-0.25, -0.2) is 0 Å². The first kappa shape index (κ1) is 12.3. The zero-order valence-corrected chi connectivity index (χ0v) is 10.4. The Labute approximate surface area is 103 Å². The fourth-order valence-electron chi connectivity index (χ4n) is 2.67. The van der Waals surface area contributed by atoms with Gasteiger partial charge in [-0.3, -0.25) is 4.79 Å². The van der Waals surface area contributed by atoms with Crippen LogP contribution in [-0.2, 0) is 6.42 Å². The Kier molecular flexibility index (Phi) is 3.63. The van der Waals surface area contributed by atoms with Gasteiger partial charge in [-0.15, -0.1) is 0 Å². The Balaban J connectivity index is 2.12. The summed E-state index contributed by atoms with van der Waals surface area (Å²) in [6, 6.07) is 7.64. The van der Waals surface area contributed by atoms with Crippen molar-refractivity contribution in [3.8, 4) is 0 Å². The summed E-state index contributed by atoms with van der Waals surface area (Å²) in [5.74, 6) is 0.0856. The third-order valence-corrected chi connectivity index (χ3v) is 3.65. The maximum atomic E-state index is 11.3. The predicted octanol–water partition coefficient (Wildman–Crippen LogP) is 3.13. The number of aliphatic hydroxyl groups is 1. The van der Waals surface area contributed by atoms with Crippen LogP contribution in [0, 0.1) is 0 Å². The van der Waals surface area contributed by atoms with Crippen molar-refractivity contribution >= 4 is 5.78 Å². The van der Waals surface area contributed by atoms with Crippen LogP contribution in [0.25, 0.3) is 0 Å². The van der Waals surface area contributed by atoms with Crippen molar-refractivity contribution in [1.82, 2.24) is 0 Å². The molecule has 0 radical (unpaired) electrons. The molecule has 0 unspecified atom stereocenters. The van der Waals surface area contributed by atoms with Crippen LogP contribution >= 0.6 is 0 Å². The Morgan fingerprint density at radius 1 is 1.29 bits per heavy atom. The standard InChI is InChI=1S/C15H20O2/c1-12(16)14-7-5-6-13(10-14)11-15(17)8-3-2-4-9-15/h5-7,10,17H,2-4,8-9,11H2,1H3. The van der Waals surface area contributed by atoms with E-state index in [1.54, 1.807) is 6.92 Å². The number of hydrogen-bond acceptors (Lipinski definition) is 2. The molecule has 1 aromatic rings. The van der Waals surface area contributed by atoms with Crippen molar-refractivity contribution in [3.05, 3.63) is 35.4 Å². The minimum Gasteiger partial charge on any atom is -0.390 e. The molecule has 0 saturated heterocycles. The van der Waals surface area contributed by atoms with Crippen molar-refractivity contribution in [2.24, 2.45) is 0 Å². The third kappa shape index (κ3) is 3.16. The number of ketones is 1. The van der Waals surface area contributed by atoms with E-state index in [4.69, 9.17) is 0 Å². The maximum Gasteiger partial charge on any atom is 0.159 e. The molecule has 1 aliphatic rings. The van der Waals surface area contributed by atoms with Gasteiger partial charge in [0.1, 0.15) is 0 Å². The van der Waals surface area contributed by atoms with E-state index in [9.17, 15) is 9.90 Å². The van der Waals surface area contributed by atoms with Gasteiger partial charge >= 0.3 is 0 Å². The topological polar surface area (TPSA) is 37.3 Å². The second-order valence-electron chi connectivity index (χ2n) is 5.22. The minimum absolute atomic E-state index is 0.0856. The smallest absolute Gasteiger partial charge is 0.159 e. The summed E-state index contributed by atoms with van der Waals surface area (Å²) >= 11 is 0. The molecule has 2 rings (SSSR count). The van der Waals surface area contributed by atoms with Crippen LogP contribution in [0.1, 0.15) is 54.9 Å². The molecule has 1 aromatic carbocycles. The lowest BCUT2D eigenvalue weighted by Crippen LogP contribution is -2.33. The van der Waals surface area contributed by atoms with Crippen LogP contribution in [0.15, 0.2) is 24.3 Å². The zero-order valence-electron chi connectivity index (χ0n) is 10.4. The van der Waals surface area contributed by atoms with E-state index >= 15 is 0 Å². The molecular formula is C15H20O2. The van der Waals surface area contributed by atoms with Crippen molar-refractivity contribution < 1.29 is 9.90 Å². The molecule has 1 fully saturated rings. The molecule has 0 spiro atoms. The molecular weight excluding hydrogens is 212 g/mol. The van der Waals surface area contributed by atoms with Gasteiger partial charge < -0.3 is 5.11 Å². The number of carbonyl (C=O) groups is 1. The largest absolute Gasteiger partial charge is 0.390 e. The highest BCUT2D eigenvalue weighted by Gasteiger charge is 2.29. The normalized spacial score (nSPS) is 18.9. The van der Waals surface area contributed by atoms with E-state index in [-0.39, 0.29) is 5.78 Å². The van der Waals surface area contributed by atoms with Crippen molar-refractivity contribution in [3.63, 3.8) is 0 Å². The highest BCUT2D eigenvalue weighted by Crippen LogP contribution is 2.31. The SMILES string of the molecule is CC(=O)c1cccc(CC2(O)CCCCC2)c1. The lowest BCUT2D eigenvalue weighted by atomic mass is 9.80. The number of hydrogen-bond donors (Lipinski definition) is 1. The van der Waals surface area contributed by atoms with Gasteiger partial charge in [-0.1, -0.05) is 37.5 Å². The van der Waals surface area contributed by atoms with Crippen LogP contribution in [0.3, 0.4) is 0 Å². The molecule has 1 aliphatic carbocycles. The van der Waals surface area contributed by atoms with Crippen molar-refractivity contribution in [1.29, 1.82) is 0 Å². The molecule has 0 bridgehead atoms. The first-order valence-corrected chi connectivity index (χ1v) is 6.41. The Bertz CT molecular complexity index is 403. The maximum absolute atomic E-state index is 11.3. The average molecular weight is 232 g/mol. The quantitative estimate of drug-likeness (QED) is 0.813. The van der Waals surface area contributed by atoms with Gasteiger partial charge in [0.25, 0.3) is 0 Å². The summed E-state index contributed by atoms with van der Waals surface area (Å²) in [5.41, 5.74) is 1.26. The van der Waals surface area contributed by atoms with Crippen LogP contribution in [0.5, 0.6) is 0 Å². The fraction of sp³-hybridized carbons (Fsp3) is 0.533. The minimum atomic E-state index is -0.548. The molecule has 1 N–H and O–H groups in total. The van der Waals surface area contributed by atoms with Gasteiger partial charge in [0.05, 0.1) is 5.60 Å². The van der Waals surface area contributed by atoms with E-state index in [2.05, 4.69) is 0 Å². The zero-order chi connectivity index (χ0) is 12.3. The van der Waals surface area contributed by atoms with Gasteiger partial charge in [0.2, 0.25) is 0 Å². The van der Waals surface area contributed by atoms with Gasteiger partial charge in [0, 0.05) is 12.0 Å². The second-order valence-corrected chi connectivity index (χ2v) is 5.22. The first-order valence-electron chi connectivity index (χ1n) is 6.41. The van der Waals surface area contributed by atoms with E-state index in [0.29, 0.717) is 6.42 Å². The van der Waals surface area contributed by atoms with E-state index in [0.717, 1.165) is 36.8 Å². The molecule has 0 aromatic heterocycles. The summed E-state index contributed by atoms with van der Waals surface area (Å²) in [4.78, 5) is 11.3. The van der Waals surface area contributed by atoms with Crippen molar-refractivity contribution in [2.45, 2.75) is 51.0 Å². The van der Waals surface area contributed by atoms with Crippen LogP contribution in [0.4, 0.5) is 0 Å². The van der Waals surface area contributed by atoms with E-state index in [1.807, 2.05) is 24.3 Å². The van der Waals surface area contributed by atoms with Crippen LogP contribution < -0.4 is 0 Å². The molecule has 2 nitrogen and oxygen atoms in total. The van der Waals surface area contributed by atoms with Crippen LogP contribution in [-0.4, -0.2) is 16.5 Å². The fourth-order valence-corrected chi connectivity index (χ4v) is 2.67. The van der Waals surface area contributed by atoms with Gasteiger partial charge in [-0.05, 0) is 31.4 Å². The Morgan fingerprint density at radius 3 is 2.65 bits per heavy atom. The molecule has 92 valence electrons. The molecule has 0 heterocycles. The number of rotatable bonds is 3. The Morgan fingerprint density at radius 2 is 2.00 bits per heavy atom. The third-order valence-electron chi connectivity index (χ3n) is 3.65. The molecule has 1 saturated carbocycles. The molecule has 17 heavy (non-hydrogen) atoms. The van der Waals surface area contributed by atoms with Gasteiger partial charge in [-0.2, -0.15) is 0 Å². The number of Topliss-reactive ketones (excluding diaryl/α,β-unsaturated/α-hetero) is 1. The first-order chi connectivity index (χ1) is 8.09. The van der Waals surface area contributed by atoms with E-state index in [1.165, 1.54) is 6.42 Å². The second kappa shape index (κ2) is 5.01. The van der Waals surface area contributed by atoms with Crippen LogP contribution in [0.2, 0.25) is 0 Å². The summed E-state index contributed by atoms with van der Waals surface area (Å²) < 4.78 is 0. The lowest BCUT2D eigenvalue weighted by molar-refractivity contribution is 0.00447. The molecule has 0 aliphatic heterocycles. The number of carbonyl (C=O) groups excluding carboxylic acids is 1. The molecule has 2 heteroatoms. The monoisotopic (exact) mass is 232 g/mol. The van der Waals surface area contributed by atoms with Gasteiger partial charge in [0.15, 0.2) is 5.78 Å². The summed E-state index contributed by atoms with van der Waals surface area (Å²) in [6.45, 7) is 1.58. The van der Waals surface area contributed by atoms with Crippen molar-refractivity contribution in [2.75, 3.05) is 0 Å². The molecule has 0 atom stereocenters. The summed E-state index contributed by atoms with van der Waals surface area (Å²) in [7, 11) is 0. The predicted molar refractivity (Wildman–Crippen MR) is 68.2 cm³/mol. The summed E-state index contributed by atoms with van der Waals surface area (Å²) in [5, 5.41) is 10.5. The Hall–Kier alpha value is -1.15. The lowest BCUT2D eigenvalue weighted by Gasteiger charge is -2.32. The highest BCUT2D eigenvalue weighted by molar-refractivity contribution is 5.94. The average Bonchev–Trinajstić information content (AvgIpc) is 2.29.